The van der Waals surface area contributed by atoms with Gasteiger partial charge in [0.2, 0.25) is 5.91 Å². The molecule has 0 unspecified atom stereocenters. The highest BCUT2D eigenvalue weighted by atomic mass is 35.5. The predicted octanol–water partition coefficient (Wildman–Crippen LogP) is 4.78. The third kappa shape index (κ3) is 4.97. The number of amides is 1. The van der Waals surface area contributed by atoms with E-state index in [1.807, 2.05) is 24.3 Å². The van der Waals surface area contributed by atoms with Gasteiger partial charge in [0.15, 0.2) is 10.9 Å². The SMILES string of the molecule is COc1ccc(C(C)=O)cc1CC(=O)Nc1ncc(Cc2ccccc2Cl)s1. The minimum Gasteiger partial charge on any atom is -0.496 e. The predicted molar refractivity (Wildman–Crippen MR) is 112 cm³/mol. The van der Waals surface area contributed by atoms with Crippen LogP contribution in [0, 0.1) is 0 Å². The molecule has 0 atom stereocenters. The second-order valence-corrected chi connectivity index (χ2v) is 7.73. The largest absolute Gasteiger partial charge is 0.496 e. The molecular formula is C21H19ClN2O3S. The minimum atomic E-state index is -0.224. The lowest BCUT2D eigenvalue weighted by Crippen LogP contribution is -2.15. The Morgan fingerprint density at radius 1 is 1.18 bits per heavy atom. The monoisotopic (exact) mass is 414 g/mol. The Labute approximate surface area is 172 Å². The van der Waals surface area contributed by atoms with Crippen molar-refractivity contribution in [3.63, 3.8) is 0 Å². The van der Waals surface area contributed by atoms with E-state index in [2.05, 4.69) is 10.3 Å². The molecule has 0 saturated heterocycles. The fourth-order valence-corrected chi connectivity index (χ4v) is 3.80. The Balaban J connectivity index is 1.67. The molecule has 1 N–H and O–H groups in total. The number of hydrogen-bond acceptors (Lipinski definition) is 5. The maximum Gasteiger partial charge on any atom is 0.230 e. The molecule has 0 aliphatic heterocycles. The summed E-state index contributed by atoms with van der Waals surface area (Å²) in [6.07, 6.45) is 2.48. The maximum absolute atomic E-state index is 12.4. The quantitative estimate of drug-likeness (QED) is 0.565. The number of ketones is 1. The van der Waals surface area contributed by atoms with E-state index in [0.717, 1.165) is 10.4 Å². The first-order valence-electron chi connectivity index (χ1n) is 8.62. The van der Waals surface area contributed by atoms with Crippen LogP contribution in [0.2, 0.25) is 5.02 Å². The van der Waals surface area contributed by atoms with Crippen LogP contribution in [0.15, 0.2) is 48.7 Å². The fraction of sp³-hybridized carbons (Fsp3) is 0.190. The number of thiazole rings is 1. The average Bonchev–Trinajstić information content (AvgIpc) is 3.10. The smallest absolute Gasteiger partial charge is 0.230 e. The molecule has 0 aliphatic rings. The number of nitrogens with one attached hydrogen (secondary N) is 1. The molecule has 1 heterocycles. The van der Waals surface area contributed by atoms with Crippen LogP contribution in [0.5, 0.6) is 5.75 Å². The highest BCUT2D eigenvalue weighted by molar-refractivity contribution is 7.15. The number of ether oxygens (including phenoxy) is 1. The lowest BCUT2D eigenvalue weighted by Gasteiger charge is -2.09. The molecule has 1 amide bonds. The fourth-order valence-electron chi connectivity index (χ4n) is 2.75. The number of Topliss-reactive ketones (excluding diaryl/α,β-unsaturated/α-hetero) is 1. The van der Waals surface area contributed by atoms with E-state index in [4.69, 9.17) is 16.3 Å². The van der Waals surface area contributed by atoms with Gasteiger partial charge in [-0.05, 0) is 36.8 Å². The minimum absolute atomic E-state index is 0.0616. The van der Waals surface area contributed by atoms with E-state index in [0.29, 0.717) is 33.5 Å². The summed E-state index contributed by atoms with van der Waals surface area (Å²) in [6.45, 7) is 1.49. The number of anilines is 1. The third-order valence-electron chi connectivity index (χ3n) is 4.16. The first kappa shape index (κ1) is 20.0. The van der Waals surface area contributed by atoms with Crippen LogP contribution in [0.3, 0.4) is 0 Å². The molecule has 3 rings (SSSR count). The average molecular weight is 415 g/mol. The van der Waals surface area contributed by atoms with Crippen molar-refractivity contribution in [1.82, 2.24) is 4.98 Å². The van der Waals surface area contributed by atoms with Gasteiger partial charge in [0, 0.05) is 33.6 Å². The van der Waals surface area contributed by atoms with Gasteiger partial charge >= 0.3 is 0 Å². The highest BCUT2D eigenvalue weighted by Crippen LogP contribution is 2.25. The van der Waals surface area contributed by atoms with Gasteiger partial charge in [-0.2, -0.15) is 0 Å². The summed E-state index contributed by atoms with van der Waals surface area (Å²) in [4.78, 5) is 29.3. The molecule has 1 aromatic heterocycles. The summed E-state index contributed by atoms with van der Waals surface area (Å²) in [5, 5.41) is 4.04. The molecule has 0 spiro atoms. The number of methoxy groups -OCH3 is 1. The van der Waals surface area contributed by atoms with Crippen molar-refractivity contribution in [2.75, 3.05) is 12.4 Å². The summed E-state index contributed by atoms with van der Waals surface area (Å²) < 4.78 is 5.30. The van der Waals surface area contributed by atoms with E-state index >= 15 is 0 Å². The van der Waals surface area contributed by atoms with Crippen LogP contribution >= 0.6 is 22.9 Å². The lowest BCUT2D eigenvalue weighted by molar-refractivity contribution is -0.115. The summed E-state index contributed by atoms with van der Waals surface area (Å²) in [5.74, 6) is 0.282. The molecular weight excluding hydrogens is 396 g/mol. The van der Waals surface area contributed by atoms with Crippen LogP contribution < -0.4 is 10.1 Å². The van der Waals surface area contributed by atoms with Gasteiger partial charge in [-0.15, -0.1) is 11.3 Å². The number of hydrogen-bond donors (Lipinski definition) is 1. The number of carbonyl (C=O) groups is 2. The summed E-state index contributed by atoms with van der Waals surface area (Å²) in [6, 6.07) is 12.7. The molecule has 5 nitrogen and oxygen atoms in total. The summed E-state index contributed by atoms with van der Waals surface area (Å²) in [7, 11) is 1.53. The Hall–Kier alpha value is -2.70. The Morgan fingerprint density at radius 3 is 2.68 bits per heavy atom. The molecule has 28 heavy (non-hydrogen) atoms. The van der Waals surface area contributed by atoms with Crippen molar-refractivity contribution in [3.05, 3.63) is 75.3 Å². The van der Waals surface area contributed by atoms with Crippen LogP contribution in [0.1, 0.15) is 33.3 Å². The number of carbonyl (C=O) groups excluding carboxylic acids is 2. The Bertz CT molecular complexity index is 1020. The standard InChI is InChI=1S/C21H19ClN2O3S/c1-13(25)14-7-8-19(27-2)16(9-14)11-20(26)24-21-23-12-17(28-21)10-15-5-3-4-6-18(15)22/h3-9,12H,10-11H2,1-2H3,(H,23,24,26). The Morgan fingerprint density at radius 2 is 1.96 bits per heavy atom. The van der Waals surface area contributed by atoms with E-state index in [1.54, 1.807) is 24.4 Å². The summed E-state index contributed by atoms with van der Waals surface area (Å²) >= 11 is 7.60. The second-order valence-electron chi connectivity index (χ2n) is 6.21. The number of benzene rings is 2. The van der Waals surface area contributed by atoms with Gasteiger partial charge in [-0.25, -0.2) is 4.98 Å². The molecule has 3 aromatic rings. The van der Waals surface area contributed by atoms with Crippen molar-refractivity contribution < 1.29 is 14.3 Å². The van der Waals surface area contributed by atoms with Crippen LogP contribution in [-0.2, 0) is 17.6 Å². The van der Waals surface area contributed by atoms with Crippen molar-refractivity contribution in [2.45, 2.75) is 19.8 Å². The molecule has 0 aliphatic carbocycles. The van der Waals surface area contributed by atoms with Gasteiger partial charge in [0.05, 0.1) is 13.5 Å². The van der Waals surface area contributed by atoms with Crippen LogP contribution in [0.4, 0.5) is 5.13 Å². The maximum atomic E-state index is 12.4. The highest BCUT2D eigenvalue weighted by Gasteiger charge is 2.13. The molecule has 0 bridgehead atoms. The summed E-state index contributed by atoms with van der Waals surface area (Å²) in [5.41, 5.74) is 2.21. The van der Waals surface area contributed by atoms with E-state index in [1.165, 1.54) is 25.4 Å². The zero-order valence-corrected chi connectivity index (χ0v) is 17.1. The van der Waals surface area contributed by atoms with Crippen LogP contribution in [-0.4, -0.2) is 23.8 Å². The zero-order valence-electron chi connectivity index (χ0n) is 15.5. The number of aromatic nitrogens is 1. The van der Waals surface area contributed by atoms with Gasteiger partial charge in [-0.1, -0.05) is 29.8 Å². The van der Waals surface area contributed by atoms with Gasteiger partial charge < -0.3 is 10.1 Å². The Kier molecular flexibility index (Phi) is 6.44. The van der Waals surface area contributed by atoms with E-state index in [9.17, 15) is 9.59 Å². The topological polar surface area (TPSA) is 68.3 Å². The lowest BCUT2D eigenvalue weighted by atomic mass is 10.0. The molecule has 144 valence electrons. The van der Waals surface area contributed by atoms with Gasteiger partial charge in [0.1, 0.15) is 5.75 Å². The van der Waals surface area contributed by atoms with Gasteiger partial charge in [0.25, 0.3) is 0 Å². The first-order valence-corrected chi connectivity index (χ1v) is 9.81. The second kappa shape index (κ2) is 8.99. The molecule has 0 saturated carbocycles. The van der Waals surface area contributed by atoms with Crippen molar-refractivity contribution in [2.24, 2.45) is 0 Å². The van der Waals surface area contributed by atoms with Crippen molar-refractivity contribution in [3.8, 4) is 5.75 Å². The van der Waals surface area contributed by atoms with E-state index < -0.39 is 0 Å². The first-order chi connectivity index (χ1) is 13.5. The zero-order chi connectivity index (χ0) is 20.1. The van der Waals surface area contributed by atoms with Crippen molar-refractivity contribution >= 4 is 39.8 Å². The van der Waals surface area contributed by atoms with E-state index in [-0.39, 0.29) is 18.1 Å². The number of rotatable bonds is 7. The molecule has 7 heteroatoms. The number of nitrogens with zero attached hydrogens (tertiary/aromatic N) is 1. The molecule has 0 fully saturated rings. The van der Waals surface area contributed by atoms with Crippen LogP contribution in [0.25, 0.3) is 0 Å². The third-order valence-corrected chi connectivity index (χ3v) is 5.44. The van der Waals surface area contributed by atoms with Gasteiger partial charge in [-0.3, -0.25) is 9.59 Å². The molecule has 0 radical (unpaired) electrons. The number of halogens is 1. The normalized spacial score (nSPS) is 10.5. The van der Waals surface area contributed by atoms with Crippen molar-refractivity contribution in [1.29, 1.82) is 0 Å². The molecule has 2 aromatic carbocycles.